The summed E-state index contributed by atoms with van der Waals surface area (Å²) >= 11 is 0. The molecule has 0 radical (unpaired) electrons. The van der Waals surface area contributed by atoms with Crippen LogP contribution in [0.2, 0.25) is 0 Å². The lowest BCUT2D eigenvalue weighted by Gasteiger charge is -2.27. The van der Waals surface area contributed by atoms with Crippen LogP contribution in [-0.4, -0.2) is 29.1 Å². The predicted molar refractivity (Wildman–Crippen MR) is 47.4 cm³/mol. The minimum atomic E-state index is -3.69. The molecule has 5 heteroatoms. The molecule has 0 aliphatic heterocycles. The standard InChI is InChI=1S/C9H13F2NO2/c1-8(4-2-3-5-8)12-6-9(10,11)7(13)14/h2-3,12H,4-6H2,1H3,(H,13,14). The van der Waals surface area contributed by atoms with Gasteiger partial charge >= 0.3 is 11.9 Å². The van der Waals surface area contributed by atoms with Gasteiger partial charge in [-0.2, -0.15) is 8.78 Å². The van der Waals surface area contributed by atoms with Crippen molar-refractivity contribution in [2.45, 2.75) is 31.2 Å². The lowest BCUT2D eigenvalue weighted by atomic mass is 9.99. The van der Waals surface area contributed by atoms with E-state index in [4.69, 9.17) is 5.11 Å². The van der Waals surface area contributed by atoms with Crippen LogP contribution in [0.25, 0.3) is 0 Å². The first-order chi connectivity index (χ1) is 6.36. The Labute approximate surface area is 80.8 Å². The van der Waals surface area contributed by atoms with Gasteiger partial charge in [-0.15, -0.1) is 0 Å². The molecule has 1 aliphatic carbocycles. The van der Waals surface area contributed by atoms with Crippen LogP contribution in [0.4, 0.5) is 8.78 Å². The first-order valence-corrected chi connectivity index (χ1v) is 4.37. The molecular formula is C9H13F2NO2. The molecule has 0 heterocycles. The second-order valence-electron chi connectivity index (χ2n) is 3.80. The molecule has 0 fully saturated rings. The maximum absolute atomic E-state index is 12.7. The number of carboxylic acid groups (broad SMARTS) is 1. The molecule has 0 saturated carbocycles. The van der Waals surface area contributed by atoms with E-state index >= 15 is 0 Å². The zero-order valence-electron chi connectivity index (χ0n) is 7.89. The first-order valence-electron chi connectivity index (χ1n) is 4.37. The predicted octanol–water partition coefficient (Wildman–Crippen LogP) is 1.40. The topological polar surface area (TPSA) is 49.3 Å². The van der Waals surface area contributed by atoms with Gasteiger partial charge in [0.1, 0.15) is 0 Å². The van der Waals surface area contributed by atoms with Gasteiger partial charge in [0.05, 0.1) is 6.54 Å². The van der Waals surface area contributed by atoms with Crippen LogP contribution in [0.3, 0.4) is 0 Å². The third kappa shape index (κ3) is 2.51. The smallest absolute Gasteiger partial charge is 0.375 e. The Morgan fingerprint density at radius 2 is 2.07 bits per heavy atom. The molecule has 0 bridgehead atoms. The van der Waals surface area contributed by atoms with Crippen molar-refractivity contribution in [3.63, 3.8) is 0 Å². The van der Waals surface area contributed by atoms with Gasteiger partial charge in [-0.1, -0.05) is 12.2 Å². The minimum Gasteiger partial charge on any atom is -0.477 e. The molecule has 2 N–H and O–H groups in total. The number of hydrogen-bond donors (Lipinski definition) is 2. The van der Waals surface area contributed by atoms with Crippen molar-refractivity contribution in [3.05, 3.63) is 12.2 Å². The van der Waals surface area contributed by atoms with Gasteiger partial charge in [0.2, 0.25) is 0 Å². The number of alkyl halides is 2. The summed E-state index contributed by atoms with van der Waals surface area (Å²) in [5.41, 5.74) is -0.418. The highest BCUT2D eigenvalue weighted by atomic mass is 19.3. The Morgan fingerprint density at radius 1 is 1.57 bits per heavy atom. The van der Waals surface area contributed by atoms with E-state index in [0.29, 0.717) is 12.8 Å². The maximum atomic E-state index is 12.7. The second-order valence-corrected chi connectivity index (χ2v) is 3.80. The second kappa shape index (κ2) is 3.65. The van der Waals surface area contributed by atoms with Gasteiger partial charge < -0.3 is 10.4 Å². The summed E-state index contributed by atoms with van der Waals surface area (Å²) in [6.45, 7) is 0.978. The zero-order chi connectivity index (χ0) is 10.8. The van der Waals surface area contributed by atoms with Crippen LogP contribution in [0.15, 0.2) is 12.2 Å². The molecule has 0 aromatic carbocycles. The molecule has 0 aromatic heterocycles. The number of rotatable bonds is 4. The molecule has 14 heavy (non-hydrogen) atoms. The molecule has 0 spiro atoms. The third-order valence-electron chi connectivity index (χ3n) is 2.35. The van der Waals surface area contributed by atoms with Crippen molar-refractivity contribution in [2.24, 2.45) is 0 Å². The molecule has 0 saturated heterocycles. The van der Waals surface area contributed by atoms with Crippen molar-refractivity contribution >= 4 is 5.97 Å². The van der Waals surface area contributed by atoms with Crippen LogP contribution in [0, 0.1) is 0 Å². The number of aliphatic carboxylic acids is 1. The lowest BCUT2D eigenvalue weighted by Crippen LogP contribution is -2.48. The van der Waals surface area contributed by atoms with E-state index < -0.39 is 24.0 Å². The van der Waals surface area contributed by atoms with E-state index in [1.165, 1.54) is 0 Å². The van der Waals surface area contributed by atoms with E-state index in [0.717, 1.165) is 0 Å². The number of halogens is 2. The summed E-state index contributed by atoms with van der Waals surface area (Å²) < 4.78 is 25.4. The first kappa shape index (κ1) is 11.1. The third-order valence-corrected chi connectivity index (χ3v) is 2.35. The summed E-state index contributed by atoms with van der Waals surface area (Å²) in [6, 6.07) is 0. The van der Waals surface area contributed by atoms with Gasteiger partial charge in [0.15, 0.2) is 0 Å². The maximum Gasteiger partial charge on any atom is 0.375 e. The fraction of sp³-hybridized carbons (Fsp3) is 0.667. The molecular weight excluding hydrogens is 192 g/mol. The quantitative estimate of drug-likeness (QED) is 0.682. The molecule has 3 nitrogen and oxygen atoms in total. The Balaban J connectivity index is 2.44. The Kier molecular flexibility index (Phi) is 2.89. The minimum absolute atomic E-state index is 0.418. The molecule has 0 unspecified atom stereocenters. The fourth-order valence-corrected chi connectivity index (χ4v) is 1.31. The zero-order valence-corrected chi connectivity index (χ0v) is 7.89. The van der Waals surface area contributed by atoms with Crippen LogP contribution >= 0.6 is 0 Å². The van der Waals surface area contributed by atoms with Crippen LogP contribution in [0.5, 0.6) is 0 Å². The van der Waals surface area contributed by atoms with Crippen molar-refractivity contribution in [1.82, 2.24) is 5.32 Å². The normalized spacial score (nSPS) is 19.9. The SMILES string of the molecule is CC1(NCC(F)(F)C(=O)O)CC=CC1. The Bertz CT molecular complexity index is 256. The summed E-state index contributed by atoms with van der Waals surface area (Å²) in [6.07, 6.45) is 5.10. The highest BCUT2D eigenvalue weighted by molar-refractivity contribution is 5.75. The molecule has 0 amide bonds. The molecule has 80 valence electrons. The van der Waals surface area contributed by atoms with E-state index in [1.54, 1.807) is 6.92 Å². The van der Waals surface area contributed by atoms with Crippen molar-refractivity contribution in [2.75, 3.05) is 6.54 Å². The van der Waals surface area contributed by atoms with Crippen LogP contribution < -0.4 is 5.32 Å². The Hall–Kier alpha value is -0.970. The van der Waals surface area contributed by atoms with Crippen molar-refractivity contribution in [1.29, 1.82) is 0 Å². The van der Waals surface area contributed by atoms with E-state index in [1.807, 2.05) is 12.2 Å². The fourth-order valence-electron chi connectivity index (χ4n) is 1.31. The van der Waals surface area contributed by atoms with E-state index in [2.05, 4.69) is 5.32 Å². The summed E-state index contributed by atoms with van der Waals surface area (Å²) in [5.74, 6) is -5.77. The lowest BCUT2D eigenvalue weighted by molar-refractivity contribution is -0.164. The van der Waals surface area contributed by atoms with Crippen molar-refractivity contribution in [3.8, 4) is 0 Å². The molecule has 0 atom stereocenters. The number of carbonyl (C=O) groups is 1. The van der Waals surface area contributed by atoms with Crippen molar-refractivity contribution < 1.29 is 18.7 Å². The molecule has 1 rings (SSSR count). The van der Waals surface area contributed by atoms with Crippen LogP contribution in [-0.2, 0) is 4.79 Å². The average Bonchev–Trinajstić information content (AvgIpc) is 2.50. The summed E-state index contributed by atoms with van der Waals surface area (Å²) in [7, 11) is 0. The Morgan fingerprint density at radius 3 is 2.50 bits per heavy atom. The summed E-state index contributed by atoms with van der Waals surface area (Å²) in [4.78, 5) is 10.1. The number of carboxylic acids is 1. The van der Waals surface area contributed by atoms with E-state index in [9.17, 15) is 13.6 Å². The van der Waals surface area contributed by atoms with Gasteiger partial charge in [0.25, 0.3) is 0 Å². The van der Waals surface area contributed by atoms with Gasteiger partial charge in [0, 0.05) is 5.54 Å². The van der Waals surface area contributed by atoms with Gasteiger partial charge in [-0.3, -0.25) is 0 Å². The largest absolute Gasteiger partial charge is 0.477 e. The highest BCUT2D eigenvalue weighted by Gasteiger charge is 2.40. The van der Waals surface area contributed by atoms with Gasteiger partial charge in [-0.05, 0) is 19.8 Å². The number of nitrogens with one attached hydrogen (secondary N) is 1. The summed E-state index contributed by atoms with van der Waals surface area (Å²) in [5, 5.41) is 10.8. The van der Waals surface area contributed by atoms with E-state index in [-0.39, 0.29) is 0 Å². The van der Waals surface area contributed by atoms with Gasteiger partial charge in [-0.25, -0.2) is 4.79 Å². The molecule has 1 aliphatic rings. The molecule has 0 aromatic rings. The highest BCUT2D eigenvalue weighted by Crippen LogP contribution is 2.24. The monoisotopic (exact) mass is 205 g/mol. The average molecular weight is 205 g/mol. The number of hydrogen-bond acceptors (Lipinski definition) is 2. The van der Waals surface area contributed by atoms with Crippen LogP contribution in [0.1, 0.15) is 19.8 Å².